The molecule has 2 rings (SSSR count). The van der Waals surface area contributed by atoms with Gasteiger partial charge in [-0.25, -0.2) is 12.8 Å². The van der Waals surface area contributed by atoms with Crippen LogP contribution < -0.4 is 0 Å². The van der Waals surface area contributed by atoms with Gasteiger partial charge < -0.3 is 4.90 Å². The van der Waals surface area contributed by atoms with Gasteiger partial charge in [-0.1, -0.05) is 6.92 Å². The van der Waals surface area contributed by atoms with Crippen LogP contribution in [0.2, 0.25) is 0 Å². The molecule has 1 fully saturated rings. The summed E-state index contributed by atoms with van der Waals surface area (Å²) in [4.78, 5) is 2.41. The van der Waals surface area contributed by atoms with Gasteiger partial charge in [-0.05, 0) is 62.5 Å². The smallest absolute Gasteiger partial charge is 0.261 e. The van der Waals surface area contributed by atoms with Crippen LogP contribution in [0.4, 0.5) is 4.39 Å². The first-order chi connectivity index (χ1) is 9.41. The van der Waals surface area contributed by atoms with E-state index in [1.54, 1.807) is 0 Å². The Hall–Kier alpha value is -0.650. The maximum Gasteiger partial charge on any atom is 0.261 e. The van der Waals surface area contributed by atoms with Crippen molar-refractivity contribution >= 4 is 19.7 Å². The van der Waals surface area contributed by atoms with Gasteiger partial charge in [-0.2, -0.15) is 0 Å². The van der Waals surface area contributed by atoms with Gasteiger partial charge in [-0.3, -0.25) is 0 Å². The molecule has 0 N–H and O–H groups in total. The number of likely N-dealkylation sites (tertiary alicyclic amines) is 1. The lowest BCUT2D eigenvalue weighted by Crippen LogP contribution is -2.29. The Morgan fingerprint density at radius 1 is 1.45 bits per heavy atom. The van der Waals surface area contributed by atoms with Gasteiger partial charge in [0.2, 0.25) is 0 Å². The highest BCUT2D eigenvalue weighted by molar-refractivity contribution is 8.13. The van der Waals surface area contributed by atoms with Gasteiger partial charge in [0.15, 0.2) is 0 Å². The Bertz CT molecular complexity index is 577. The van der Waals surface area contributed by atoms with Crippen molar-refractivity contribution in [2.45, 2.75) is 43.5 Å². The minimum Gasteiger partial charge on any atom is -0.301 e. The average molecular weight is 320 g/mol. The summed E-state index contributed by atoms with van der Waals surface area (Å²) in [5, 5.41) is 0. The van der Waals surface area contributed by atoms with Crippen LogP contribution in [0.1, 0.15) is 31.7 Å². The molecule has 1 heterocycles. The fraction of sp³-hybridized carbons (Fsp3) is 0.571. The van der Waals surface area contributed by atoms with E-state index in [0.717, 1.165) is 32.0 Å². The maximum atomic E-state index is 13.3. The minimum absolute atomic E-state index is 0.0293. The van der Waals surface area contributed by atoms with Crippen LogP contribution in [0.3, 0.4) is 0 Å². The summed E-state index contributed by atoms with van der Waals surface area (Å²) in [6.07, 6.45) is 3.64. The zero-order chi connectivity index (χ0) is 14.8. The first kappa shape index (κ1) is 15.7. The van der Waals surface area contributed by atoms with Crippen LogP contribution in [0.25, 0.3) is 0 Å². The number of halogens is 2. The third-order valence-corrected chi connectivity index (χ3v) is 5.36. The van der Waals surface area contributed by atoms with E-state index in [2.05, 4.69) is 11.8 Å². The van der Waals surface area contributed by atoms with Crippen LogP contribution in [0.15, 0.2) is 23.1 Å². The molecule has 1 aromatic carbocycles. The molecule has 112 valence electrons. The monoisotopic (exact) mass is 319 g/mol. The molecule has 0 saturated carbocycles. The summed E-state index contributed by atoms with van der Waals surface area (Å²) in [5.41, 5.74) is 0.475. The molecule has 0 bridgehead atoms. The topological polar surface area (TPSA) is 37.4 Å². The quantitative estimate of drug-likeness (QED) is 0.782. The molecule has 1 aliphatic heterocycles. The normalized spacial score (nSPS) is 20.4. The van der Waals surface area contributed by atoms with Crippen molar-refractivity contribution in [2.75, 3.05) is 13.1 Å². The number of hydrogen-bond acceptors (Lipinski definition) is 3. The minimum atomic E-state index is -3.82. The van der Waals surface area contributed by atoms with Crippen LogP contribution in [0.5, 0.6) is 0 Å². The highest BCUT2D eigenvalue weighted by Gasteiger charge is 2.24. The van der Waals surface area contributed by atoms with Crippen molar-refractivity contribution < 1.29 is 12.8 Å². The van der Waals surface area contributed by atoms with Crippen LogP contribution in [-0.4, -0.2) is 32.4 Å². The van der Waals surface area contributed by atoms with Gasteiger partial charge >= 0.3 is 0 Å². The van der Waals surface area contributed by atoms with Gasteiger partial charge in [0.25, 0.3) is 9.05 Å². The maximum absolute atomic E-state index is 13.3. The summed E-state index contributed by atoms with van der Waals surface area (Å²) in [5.74, 6) is -0.428. The van der Waals surface area contributed by atoms with Crippen LogP contribution >= 0.6 is 10.7 Å². The number of nitrogens with zero attached hydrogens (tertiary/aromatic N) is 1. The average Bonchev–Trinajstić information content (AvgIpc) is 2.82. The van der Waals surface area contributed by atoms with Crippen molar-refractivity contribution in [2.24, 2.45) is 0 Å². The fourth-order valence-corrected chi connectivity index (χ4v) is 4.10. The Morgan fingerprint density at radius 3 is 2.85 bits per heavy atom. The number of benzene rings is 1. The second-order valence-electron chi connectivity index (χ2n) is 5.15. The SMILES string of the molecule is CCN1CCC[C@H]1CCc1cc(F)ccc1S(=O)(=O)Cl. The van der Waals surface area contributed by atoms with Crippen molar-refractivity contribution in [3.05, 3.63) is 29.6 Å². The molecular formula is C14H19ClFNO2S. The zero-order valence-electron chi connectivity index (χ0n) is 11.5. The summed E-state index contributed by atoms with van der Waals surface area (Å²) in [7, 11) is 1.58. The molecule has 20 heavy (non-hydrogen) atoms. The summed E-state index contributed by atoms with van der Waals surface area (Å²) in [6.45, 7) is 4.20. The highest BCUT2D eigenvalue weighted by Crippen LogP contribution is 2.26. The van der Waals surface area contributed by atoms with Crippen molar-refractivity contribution in [3.8, 4) is 0 Å². The van der Waals surface area contributed by atoms with E-state index in [9.17, 15) is 12.8 Å². The summed E-state index contributed by atoms with van der Waals surface area (Å²) in [6, 6.07) is 4.11. The lowest BCUT2D eigenvalue weighted by molar-refractivity contribution is 0.255. The lowest BCUT2D eigenvalue weighted by Gasteiger charge is -2.22. The molecule has 1 saturated heterocycles. The van der Waals surface area contributed by atoms with E-state index >= 15 is 0 Å². The summed E-state index contributed by atoms with van der Waals surface area (Å²) >= 11 is 0. The van der Waals surface area contributed by atoms with E-state index < -0.39 is 14.9 Å². The Morgan fingerprint density at radius 2 is 2.20 bits per heavy atom. The standard InChI is InChI=1S/C14H19ClFNO2S/c1-2-17-9-3-4-13(17)7-5-11-10-12(16)6-8-14(11)20(15,18)19/h6,8,10,13H,2-5,7,9H2,1H3/t13-/m0/s1. The predicted molar refractivity (Wildman–Crippen MR) is 78.0 cm³/mol. The third kappa shape index (κ3) is 3.71. The summed E-state index contributed by atoms with van der Waals surface area (Å²) < 4.78 is 36.4. The molecule has 0 spiro atoms. The number of hydrogen-bond donors (Lipinski definition) is 0. The van der Waals surface area contributed by atoms with Gasteiger partial charge in [-0.15, -0.1) is 0 Å². The molecule has 6 heteroatoms. The first-order valence-corrected chi connectivity index (χ1v) is 9.20. The molecule has 1 aliphatic rings. The fourth-order valence-electron chi connectivity index (χ4n) is 2.94. The Balaban J connectivity index is 2.15. The van der Waals surface area contributed by atoms with Gasteiger partial charge in [0.05, 0.1) is 4.90 Å². The van der Waals surface area contributed by atoms with Crippen LogP contribution in [-0.2, 0) is 15.5 Å². The van der Waals surface area contributed by atoms with E-state index in [-0.39, 0.29) is 4.90 Å². The molecule has 3 nitrogen and oxygen atoms in total. The lowest BCUT2D eigenvalue weighted by atomic mass is 10.0. The van der Waals surface area contributed by atoms with Gasteiger partial charge in [0.1, 0.15) is 5.82 Å². The Kier molecular flexibility index (Phi) is 5.04. The van der Waals surface area contributed by atoms with Crippen molar-refractivity contribution in [3.63, 3.8) is 0 Å². The molecule has 0 amide bonds. The second-order valence-corrected chi connectivity index (χ2v) is 7.69. The second kappa shape index (κ2) is 6.41. The molecule has 0 aromatic heterocycles. The van der Waals surface area contributed by atoms with E-state index in [4.69, 9.17) is 10.7 Å². The largest absolute Gasteiger partial charge is 0.301 e. The zero-order valence-corrected chi connectivity index (χ0v) is 13.1. The van der Waals surface area contributed by atoms with Crippen molar-refractivity contribution in [1.82, 2.24) is 4.90 Å². The molecule has 0 unspecified atom stereocenters. The first-order valence-electron chi connectivity index (χ1n) is 6.89. The Labute approximate surface area is 124 Å². The molecule has 1 atom stereocenters. The van der Waals surface area contributed by atoms with Gasteiger partial charge in [0, 0.05) is 16.7 Å². The highest BCUT2D eigenvalue weighted by atomic mass is 35.7. The van der Waals surface area contributed by atoms with E-state index in [0.29, 0.717) is 18.0 Å². The third-order valence-electron chi connectivity index (χ3n) is 3.94. The van der Waals surface area contributed by atoms with Crippen molar-refractivity contribution in [1.29, 1.82) is 0 Å². The molecular weight excluding hydrogens is 301 g/mol. The molecule has 0 radical (unpaired) electrons. The number of rotatable bonds is 5. The van der Waals surface area contributed by atoms with E-state index in [1.165, 1.54) is 18.6 Å². The number of aryl methyl sites for hydroxylation is 1. The molecule has 0 aliphatic carbocycles. The molecule has 1 aromatic rings. The predicted octanol–water partition coefficient (Wildman–Crippen LogP) is 3.17. The van der Waals surface area contributed by atoms with E-state index in [1.807, 2.05) is 0 Å². The van der Waals surface area contributed by atoms with Crippen LogP contribution in [0, 0.1) is 5.82 Å².